The van der Waals surface area contributed by atoms with Crippen molar-refractivity contribution in [3.05, 3.63) is 48.4 Å². The first-order valence-electron chi connectivity index (χ1n) is 11.2. The average Bonchev–Trinajstić information content (AvgIpc) is 3.15. The fourth-order valence-corrected chi connectivity index (χ4v) is 4.20. The van der Waals surface area contributed by atoms with Gasteiger partial charge in [-0.15, -0.1) is 0 Å². The molecule has 1 saturated heterocycles. The largest absolute Gasteiger partial charge is 0.494 e. The summed E-state index contributed by atoms with van der Waals surface area (Å²) < 4.78 is 46.7. The van der Waals surface area contributed by atoms with Gasteiger partial charge in [0.1, 0.15) is 12.3 Å². The molecule has 0 spiro atoms. The molecule has 4 rings (SSSR count). The number of likely N-dealkylation sites (tertiary alicyclic amines) is 1. The van der Waals surface area contributed by atoms with Gasteiger partial charge in [0.05, 0.1) is 36.7 Å². The summed E-state index contributed by atoms with van der Waals surface area (Å²) >= 11 is 0. The van der Waals surface area contributed by atoms with Gasteiger partial charge in [0.25, 0.3) is 0 Å². The van der Waals surface area contributed by atoms with Gasteiger partial charge in [0.2, 0.25) is 0 Å². The van der Waals surface area contributed by atoms with E-state index >= 15 is 0 Å². The van der Waals surface area contributed by atoms with E-state index in [1.54, 1.807) is 43.8 Å². The monoisotopic (exact) mass is 471 g/mol. The Bertz CT molecular complexity index is 1190. The molecule has 3 aromatic rings. The van der Waals surface area contributed by atoms with Crippen LogP contribution in [0.15, 0.2) is 42.7 Å². The van der Waals surface area contributed by atoms with Crippen LogP contribution in [0.5, 0.6) is 5.75 Å². The summed E-state index contributed by atoms with van der Waals surface area (Å²) in [4.78, 5) is 6.32. The molecule has 2 aromatic heterocycles. The van der Waals surface area contributed by atoms with E-state index in [0.29, 0.717) is 28.7 Å². The molecule has 180 valence electrons. The van der Waals surface area contributed by atoms with E-state index in [1.807, 2.05) is 6.07 Å². The molecule has 0 radical (unpaired) electrons. The van der Waals surface area contributed by atoms with Gasteiger partial charge in [-0.1, -0.05) is 12.0 Å². The van der Waals surface area contributed by atoms with Gasteiger partial charge in [-0.3, -0.25) is 4.98 Å². The minimum absolute atomic E-state index is 0.232. The third kappa shape index (κ3) is 5.75. The summed E-state index contributed by atoms with van der Waals surface area (Å²) in [6.45, 7) is 1.13. The van der Waals surface area contributed by atoms with Crippen LogP contribution in [0.3, 0.4) is 0 Å². The fourth-order valence-electron chi connectivity index (χ4n) is 4.20. The second kappa shape index (κ2) is 10.3. The van der Waals surface area contributed by atoms with E-state index in [2.05, 4.69) is 39.4 Å². The summed E-state index contributed by atoms with van der Waals surface area (Å²) in [5.74, 6) is 6.48. The number of fused-ring (bicyclic) bond motifs is 1. The molecule has 34 heavy (non-hydrogen) atoms. The number of methoxy groups -OCH3 is 1. The van der Waals surface area contributed by atoms with Crippen molar-refractivity contribution in [2.75, 3.05) is 44.4 Å². The Morgan fingerprint density at radius 1 is 1.18 bits per heavy atom. The zero-order valence-electron chi connectivity index (χ0n) is 19.2. The molecule has 0 amide bonds. The predicted octanol–water partition coefficient (Wildman–Crippen LogP) is 4.58. The number of aromatic nitrogens is 2. The summed E-state index contributed by atoms with van der Waals surface area (Å²) in [6, 6.07) is 9.18. The highest BCUT2D eigenvalue weighted by atomic mass is 19.4. The molecular weight excluding hydrogens is 443 g/mol. The van der Waals surface area contributed by atoms with E-state index in [9.17, 15) is 13.2 Å². The van der Waals surface area contributed by atoms with Crippen LogP contribution in [0.25, 0.3) is 10.9 Å². The zero-order chi connectivity index (χ0) is 24.1. The number of benzene rings is 1. The maximum atomic E-state index is 13.4. The number of nitrogens with one attached hydrogen (secondary N) is 2. The highest BCUT2D eigenvalue weighted by molar-refractivity contribution is 5.94. The van der Waals surface area contributed by atoms with Gasteiger partial charge < -0.3 is 24.8 Å². The molecule has 3 heterocycles. The smallest absolute Gasteiger partial charge is 0.406 e. The molecule has 6 nitrogen and oxygen atoms in total. The Balaban J connectivity index is 1.60. The number of ether oxygens (including phenoxy) is 1. The molecule has 0 saturated carbocycles. The standard InChI is InChI=1S/C25H28F3N5O/c1-32-13-9-18(10-14-32)31-21-6-3-7-23-20(21)15-19(33(23)17-25(26,27)28)5-4-11-30-22-16-29-12-8-24(22)34-2/h3,6-8,12,15-16,18,30-31H,9-11,13-14,17H2,1-2H3. The van der Waals surface area contributed by atoms with Crippen LogP contribution in [0.4, 0.5) is 24.5 Å². The number of anilines is 2. The first kappa shape index (κ1) is 23.8. The number of hydrogen-bond acceptors (Lipinski definition) is 5. The minimum atomic E-state index is -4.36. The molecular formula is C25H28F3N5O. The molecule has 0 atom stereocenters. The number of alkyl halides is 3. The van der Waals surface area contributed by atoms with Crippen molar-refractivity contribution >= 4 is 22.3 Å². The van der Waals surface area contributed by atoms with Crippen molar-refractivity contribution in [3.63, 3.8) is 0 Å². The number of pyridine rings is 1. The van der Waals surface area contributed by atoms with E-state index < -0.39 is 12.7 Å². The van der Waals surface area contributed by atoms with Gasteiger partial charge in [0.15, 0.2) is 0 Å². The number of rotatable bonds is 6. The van der Waals surface area contributed by atoms with Crippen LogP contribution >= 0.6 is 0 Å². The number of hydrogen-bond donors (Lipinski definition) is 2. The van der Waals surface area contributed by atoms with Crippen LogP contribution < -0.4 is 15.4 Å². The summed E-state index contributed by atoms with van der Waals surface area (Å²) in [7, 11) is 3.65. The normalized spacial score (nSPS) is 15.1. The van der Waals surface area contributed by atoms with Gasteiger partial charge in [-0.25, -0.2) is 0 Å². The molecule has 2 N–H and O–H groups in total. The Hall–Kier alpha value is -3.38. The Kier molecular flexibility index (Phi) is 7.17. The Labute approximate surface area is 197 Å². The predicted molar refractivity (Wildman–Crippen MR) is 128 cm³/mol. The van der Waals surface area contributed by atoms with Crippen LogP contribution in [-0.2, 0) is 6.54 Å². The third-order valence-electron chi connectivity index (χ3n) is 5.95. The van der Waals surface area contributed by atoms with E-state index in [4.69, 9.17) is 4.74 Å². The lowest BCUT2D eigenvalue weighted by atomic mass is 10.0. The van der Waals surface area contributed by atoms with Gasteiger partial charge in [-0.2, -0.15) is 13.2 Å². The average molecular weight is 472 g/mol. The molecule has 0 bridgehead atoms. The quantitative estimate of drug-likeness (QED) is 0.516. The Morgan fingerprint density at radius 2 is 1.97 bits per heavy atom. The van der Waals surface area contributed by atoms with Crippen molar-refractivity contribution in [2.24, 2.45) is 0 Å². The number of piperidine rings is 1. The van der Waals surface area contributed by atoms with Crippen molar-refractivity contribution in [1.82, 2.24) is 14.5 Å². The summed E-state index contributed by atoms with van der Waals surface area (Å²) in [5, 5.41) is 7.39. The molecule has 1 fully saturated rings. The number of halogens is 3. The molecule has 1 aliphatic rings. The van der Waals surface area contributed by atoms with Crippen molar-refractivity contribution in [2.45, 2.75) is 31.6 Å². The summed E-state index contributed by atoms with van der Waals surface area (Å²) in [6.07, 6.45) is 0.851. The highest BCUT2D eigenvalue weighted by Crippen LogP contribution is 2.31. The number of nitrogens with zero attached hydrogens (tertiary/aromatic N) is 3. The van der Waals surface area contributed by atoms with Gasteiger partial charge in [-0.05, 0) is 57.1 Å². The molecule has 1 aliphatic heterocycles. The van der Waals surface area contributed by atoms with Crippen LogP contribution in [0.1, 0.15) is 18.5 Å². The van der Waals surface area contributed by atoms with Crippen molar-refractivity contribution in [3.8, 4) is 17.6 Å². The highest BCUT2D eigenvalue weighted by Gasteiger charge is 2.30. The van der Waals surface area contributed by atoms with Crippen LogP contribution in [-0.4, -0.2) is 60.5 Å². The lowest BCUT2D eigenvalue weighted by molar-refractivity contribution is -0.140. The van der Waals surface area contributed by atoms with Crippen LogP contribution in [0.2, 0.25) is 0 Å². The molecule has 0 aliphatic carbocycles. The molecule has 9 heteroatoms. The first-order valence-corrected chi connectivity index (χ1v) is 11.2. The lowest BCUT2D eigenvalue weighted by Gasteiger charge is -2.30. The summed E-state index contributed by atoms with van der Waals surface area (Å²) in [5.41, 5.74) is 2.35. The van der Waals surface area contributed by atoms with Crippen LogP contribution in [0, 0.1) is 11.8 Å². The van der Waals surface area contributed by atoms with Crippen molar-refractivity contribution in [1.29, 1.82) is 0 Å². The SMILES string of the molecule is COc1ccncc1NCC#Cc1cc2c(NC3CCN(C)CC3)cccc2n1CC(F)(F)F. The zero-order valence-corrected chi connectivity index (χ0v) is 19.2. The second-order valence-electron chi connectivity index (χ2n) is 8.42. The second-order valence-corrected chi connectivity index (χ2v) is 8.42. The van der Waals surface area contributed by atoms with Crippen molar-refractivity contribution < 1.29 is 17.9 Å². The lowest BCUT2D eigenvalue weighted by Crippen LogP contribution is -2.36. The maximum Gasteiger partial charge on any atom is 0.406 e. The van der Waals surface area contributed by atoms with E-state index in [-0.39, 0.29) is 6.54 Å². The van der Waals surface area contributed by atoms with Gasteiger partial charge >= 0.3 is 6.18 Å². The third-order valence-corrected chi connectivity index (χ3v) is 5.95. The van der Waals surface area contributed by atoms with E-state index in [1.165, 1.54) is 4.57 Å². The first-order chi connectivity index (χ1) is 16.3. The van der Waals surface area contributed by atoms with Gasteiger partial charge in [0, 0.05) is 29.4 Å². The fraction of sp³-hybridized carbons (Fsp3) is 0.400. The Morgan fingerprint density at radius 3 is 2.71 bits per heavy atom. The topological polar surface area (TPSA) is 54.4 Å². The maximum absolute atomic E-state index is 13.4. The molecule has 0 unspecified atom stereocenters. The minimum Gasteiger partial charge on any atom is -0.494 e. The van der Waals surface area contributed by atoms with E-state index in [0.717, 1.165) is 37.0 Å². The molecule has 1 aromatic carbocycles.